The molecule has 7 rings (SSSR count). The van der Waals surface area contributed by atoms with E-state index in [9.17, 15) is 14.3 Å². The van der Waals surface area contributed by atoms with Gasteiger partial charge in [0, 0.05) is 30.2 Å². The molecule has 3 fully saturated rings. The standard InChI is InChI=1S/C31H31FN6O4/c1-18-22-15-37(16-27-34-24-12-25(30(39)40)35-29(24)38(27)14-21-7-10-41-21)9-8-31(18,22)26-3-2-4-28(36-26)42-17-20-6-5-19(13-33)11-23(20)32/h2-6,11-12,18,21-22,35H,7-10,14-17H2,1H3,(H,39,40)/t18-,21-,22+,31+/m0/s1. The largest absolute Gasteiger partial charge is 0.477 e. The van der Waals surface area contributed by atoms with Crippen molar-refractivity contribution in [3.8, 4) is 11.9 Å². The molecule has 1 aliphatic carbocycles. The maximum Gasteiger partial charge on any atom is 0.352 e. The molecule has 11 heteroatoms. The number of imidazole rings is 1. The van der Waals surface area contributed by atoms with Gasteiger partial charge in [-0.25, -0.2) is 19.2 Å². The van der Waals surface area contributed by atoms with Crippen LogP contribution in [0.5, 0.6) is 5.88 Å². The maximum absolute atomic E-state index is 14.3. The first-order valence-corrected chi connectivity index (χ1v) is 14.3. The molecule has 216 valence electrons. The third kappa shape index (κ3) is 4.51. The highest BCUT2D eigenvalue weighted by Gasteiger charge is 2.65. The van der Waals surface area contributed by atoms with Crippen molar-refractivity contribution in [2.75, 3.05) is 19.7 Å². The number of carboxylic acids is 1. The molecule has 4 atom stereocenters. The highest BCUT2D eigenvalue weighted by molar-refractivity contribution is 5.91. The predicted octanol–water partition coefficient (Wildman–Crippen LogP) is 4.25. The van der Waals surface area contributed by atoms with Crippen molar-refractivity contribution in [3.05, 3.63) is 76.6 Å². The summed E-state index contributed by atoms with van der Waals surface area (Å²) in [6.45, 7) is 6.17. The lowest BCUT2D eigenvalue weighted by atomic mass is 9.90. The summed E-state index contributed by atoms with van der Waals surface area (Å²) in [7, 11) is 0. The number of nitriles is 1. The molecule has 0 radical (unpaired) electrons. The summed E-state index contributed by atoms with van der Waals surface area (Å²) in [6.07, 6.45) is 2.05. The van der Waals surface area contributed by atoms with Gasteiger partial charge in [0.05, 0.1) is 36.5 Å². The fraction of sp³-hybridized carbons (Fsp3) is 0.419. The van der Waals surface area contributed by atoms with Crippen LogP contribution >= 0.6 is 0 Å². The van der Waals surface area contributed by atoms with Crippen LogP contribution in [-0.2, 0) is 29.8 Å². The Balaban J connectivity index is 1.05. The van der Waals surface area contributed by atoms with Crippen LogP contribution in [0.25, 0.3) is 11.2 Å². The fourth-order valence-corrected chi connectivity index (χ4v) is 6.82. The molecular weight excluding hydrogens is 539 g/mol. The Kier molecular flexibility index (Phi) is 6.48. The number of hydrogen-bond acceptors (Lipinski definition) is 7. The van der Waals surface area contributed by atoms with Crippen LogP contribution in [0.3, 0.4) is 0 Å². The number of pyridine rings is 1. The van der Waals surface area contributed by atoms with E-state index in [0.717, 1.165) is 49.7 Å². The first-order valence-electron chi connectivity index (χ1n) is 14.3. The van der Waals surface area contributed by atoms with Crippen molar-refractivity contribution in [2.24, 2.45) is 11.8 Å². The van der Waals surface area contributed by atoms with Gasteiger partial charge in [-0.3, -0.25) is 4.90 Å². The van der Waals surface area contributed by atoms with Crippen LogP contribution in [0.2, 0.25) is 0 Å². The van der Waals surface area contributed by atoms with Crippen LogP contribution in [0, 0.1) is 29.0 Å². The Hall–Kier alpha value is -4.27. The summed E-state index contributed by atoms with van der Waals surface area (Å²) in [4.78, 5) is 26.7. The monoisotopic (exact) mass is 570 g/mol. The van der Waals surface area contributed by atoms with Gasteiger partial charge >= 0.3 is 5.97 Å². The number of carbonyl (C=O) groups is 1. The van der Waals surface area contributed by atoms with Gasteiger partial charge in [-0.2, -0.15) is 5.26 Å². The average Bonchev–Trinajstić information content (AvgIpc) is 3.21. The number of likely N-dealkylation sites (tertiary alicyclic amines) is 1. The number of aromatic amines is 1. The molecule has 42 heavy (non-hydrogen) atoms. The topological polar surface area (TPSA) is 129 Å². The molecule has 5 heterocycles. The summed E-state index contributed by atoms with van der Waals surface area (Å²) in [6, 6.07) is 13.7. The number of ether oxygens (including phenoxy) is 2. The third-order valence-electron chi connectivity index (χ3n) is 9.41. The summed E-state index contributed by atoms with van der Waals surface area (Å²) < 4.78 is 28.0. The van der Waals surface area contributed by atoms with E-state index in [0.29, 0.717) is 41.9 Å². The lowest BCUT2D eigenvalue weighted by Gasteiger charge is -2.32. The number of carboxylic acid groups (broad SMARTS) is 1. The number of piperidine rings is 1. The van der Waals surface area contributed by atoms with Crippen molar-refractivity contribution >= 4 is 17.1 Å². The first kappa shape index (κ1) is 26.6. The normalized spacial score (nSPS) is 25.0. The van der Waals surface area contributed by atoms with Crippen molar-refractivity contribution in [3.63, 3.8) is 0 Å². The lowest BCUT2D eigenvalue weighted by Crippen LogP contribution is -2.37. The summed E-state index contributed by atoms with van der Waals surface area (Å²) in [5, 5.41) is 18.4. The van der Waals surface area contributed by atoms with Crippen LogP contribution in [-0.4, -0.2) is 61.3 Å². The molecular formula is C31H31FN6O4. The van der Waals surface area contributed by atoms with Gasteiger partial charge in [0.1, 0.15) is 35.1 Å². The molecule has 10 nitrogen and oxygen atoms in total. The molecule has 0 unspecified atom stereocenters. The number of rotatable bonds is 9. The van der Waals surface area contributed by atoms with Crippen molar-refractivity contribution in [1.82, 2.24) is 24.4 Å². The molecule has 0 bridgehead atoms. The molecule has 3 aliphatic rings. The van der Waals surface area contributed by atoms with Crippen molar-refractivity contribution in [1.29, 1.82) is 5.26 Å². The zero-order valence-corrected chi connectivity index (χ0v) is 23.2. The molecule has 2 saturated heterocycles. The van der Waals surface area contributed by atoms with Crippen LogP contribution in [0.15, 0.2) is 42.5 Å². The van der Waals surface area contributed by atoms with E-state index >= 15 is 0 Å². The van der Waals surface area contributed by atoms with Gasteiger partial charge in [-0.1, -0.05) is 19.1 Å². The smallest absolute Gasteiger partial charge is 0.352 e. The highest BCUT2D eigenvalue weighted by atomic mass is 19.1. The number of nitrogens with zero attached hydrogens (tertiary/aromatic N) is 5. The Bertz CT molecular complexity index is 1720. The lowest BCUT2D eigenvalue weighted by molar-refractivity contribution is -0.0593. The zero-order chi connectivity index (χ0) is 29.0. The Labute approximate surface area is 241 Å². The molecule has 4 aromatic rings. The number of H-pyrrole nitrogens is 1. The quantitative estimate of drug-likeness (QED) is 0.306. The Morgan fingerprint density at radius 2 is 2.17 bits per heavy atom. The number of nitrogens with one attached hydrogen (secondary N) is 1. The number of hydrogen-bond donors (Lipinski definition) is 2. The second-order valence-corrected chi connectivity index (χ2v) is 11.6. The summed E-state index contributed by atoms with van der Waals surface area (Å²) in [5.74, 6) is 0.798. The molecule has 2 N–H and O–H groups in total. The summed E-state index contributed by atoms with van der Waals surface area (Å²) >= 11 is 0. The van der Waals surface area contributed by atoms with Crippen LogP contribution in [0.1, 0.15) is 52.9 Å². The number of fused-ring (bicyclic) bond motifs is 2. The third-order valence-corrected chi connectivity index (χ3v) is 9.41. The predicted molar refractivity (Wildman–Crippen MR) is 149 cm³/mol. The van der Waals surface area contributed by atoms with Gasteiger partial charge in [-0.05, 0) is 55.5 Å². The number of benzene rings is 1. The van der Waals surface area contributed by atoms with Gasteiger partial charge in [0.15, 0.2) is 0 Å². The molecule has 1 saturated carbocycles. The second-order valence-electron chi connectivity index (χ2n) is 11.6. The van der Waals surface area contributed by atoms with E-state index in [1.807, 2.05) is 12.1 Å². The minimum absolute atomic E-state index is 0.0206. The van der Waals surface area contributed by atoms with Crippen molar-refractivity contribution in [2.45, 2.75) is 51.0 Å². The van der Waals surface area contributed by atoms with E-state index in [1.165, 1.54) is 6.07 Å². The second kappa shape index (κ2) is 10.2. The van der Waals surface area contributed by atoms with Gasteiger partial charge in [0.25, 0.3) is 0 Å². The van der Waals surface area contributed by atoms with E-state index in [4.69, 9.17) is 24.7 Å². The number of aromatic carboxylic acids is 1. The van der Waals surface area contributed by atoms with Gasteiger partial charge < -0.3 is 24.1 Å². The van der Waals surface area contributed by atoms with E-state index in [2.05, 4.69) is 27.4 Å². The zero-order valence-electron chi connectivity index (χ0n) is 23.2. The summed E-state index contributed by atoms with van der Waals surface area (Å²) in [5.41, 5.74) is 3.17. The minimum Gasteiger partial charge on any atom is -0.477 e. The Morgan fingerprint density at radius 3 is 2.88 bits per heavy atom. The van der Waals surface area contributed by atoms with Crippen LogP contribution in [0.4, 0.5) is 4.39 Å². The first-order chi connectivity index (χ1) is 20.4. The maximum atomic E-state index is 14.3. The molecule has 2 aliphatic heterocycles. The van der Waals surface area contributed by atoms with E-state index in [1.54, 1.807) is 24.3 Å². The average molecular weight is 571 g/mol. The van der Waals surface area contributed by atoms with Gasteiger partial charge in [0.2, 0.25) is 5.88 Å². The molecule has 3 aromatic heterocycles. The Morgan fingerprint density at radius 1 is 1.31 bits per heavy atom. The van der Waals surface area contributed by atoms with E-state index < -0.39 is 11.8 Å². The number of halogens is 1. The molecule has 1 aromatic carbocycles. The highest BCUT2D eigenvalue weighted by Crippen LogP contribution is 2.63. The van der Waals surface area contributed by atoms with Crippen molar-refractivity contribution < 1.29 is 23.8 Å². The molecule has 0 amide bonds. The minimum atomic E-state index is -0.999. The molecule has 0 spiro atoms. The fourth-order valence-electron chi connectivity index (χ4n) is 6.82. The number of aromatic nitrogens is 4. The SMILES string of the molecule is C[C@H]1[C@H]2CN(Cc3nc4cc(C(=O)O)[nH]c4n3C[C@@H]3CCO3)CC[C@]21c1cccc(OCc2ccc(C#N)cc2F)n1. The van der Waals surface area contributed by atoms with Gasteiger partial charge in [-0.15, -0.1) is 0 Å². The van der Waals surface area contributed by atoms with Crippen LogP contribution < -0.4 is 4.74 Å². The van der Waals surface area contributed by atoms with E-state index in [-0.39, 0.29) is 29.4 Å².